The Morgan fingerprint density at radius 2 is 2.27 bits per heavy atom. The highest BCUT2D eigenvalue weighted by molar-refractivity contribution is 5.76. The van der Waals surface area contributed by atoms with Gasteiger partial charge in [-0.05, 0) is 33.1 Å². The largest absolute Gasteiger partial charge is 0.481 e. The van der Waals surface area contributed by atoms with Crippen LogP contribution in [0.15, 0.2) is 0 Å². The van der Waals surface area contributed by atoms with E-state index in [-0.39, 0.29) is 12.5 Å². The molecule has 88 valence electrons. The Kier molecular flexibility index (Phi) is 3.41. The molecular formula is C11H20O4. The molecule has 0 aromatic heterocycles. The summed E-state index contributed by atoms with van der Waals surface area (Å²) in [6.07, 6.45) is 0.967. The van der Waals surface area contributed by atoms with E-state index < -0.39 is 17.0 Å². The Hall–Kier alpha value is -0.610. The number of carbonyl (C=O) groups is 1. The van der Waals surface area contributed by atoms with E-state index >= 15 is 0 Å². The third kappa shape index (κ3) is 2.32. The maximum Gasteiger partial charge on any atom is 0.312 e. The predicted molar refractivity (Wildman–Crippen MR) is 55.6 cm³/mol. The number of aliphatic hydroxyl groups is 1. The van der Waals surface area contributed by atoms with Crippen LogP contribution in [0.5, 0.6) is 0 Å². The fraction of sp³-hybridized carbons (Fsp3) is 0.909. The van der Waals surface area contributed by atoms with Gasteiger partial charge in [-0.25, -0.2) is 0 Å². The normalized spacial score (nSPS) is 35.1. The van der Waals surface area contributed by atoms with Gasteiger partial charge in [0.1, 0.15) is 0 Å². The van der Waals surface area contributed by atoms with Crippen LogP contribution in [0.25, 0.3) is 0 Å². The fourth-order valence-electron chi connectivity index (χ4n) is 2.17. The van der Waals surface area contributed by atoms with Gasteiger partial charge in [0.05, 0.1) is 17.1 Å². The van der Waals surface area contributed by atoms with Crippen LogP contribution in [-0.4, -0.2) is 34.5 Å². The molecule has 1 aliphatic heterocycles. The highest BCUT2D eigenvalue weighted by atomic mass is 16.5. The molecule has 4 heteroatoms. The van der Waals surface area contributed by atoms with Crippen LogP contribution in [0.2, 0.25) is 0 Å². The third-order valence-corrected chi connectivity index (χ3v) is 3.58. The summed E-state index contributed by atoms with van der Waals surface area (Å²) in [6, 6.07) is 0. The lowest BCUT2D eigenvalue weighted by Gasteiger charge is -2.34. The van der Waals surface area contributed by atoms with Crippen LogP contribution >= 0.6 is 0 Å². The number of aliphatic carboxylic acids is 1. The summed E-state index contributed by atoms with van der Waals surface area (Å²) in [5.74, 6) is -0.860. The van der Waals surface area contributed by atoms with E-state index in [2.05, 4.69) is 0 Å². The van der Waals surface area contributed by atoms with Crippen LogP contribution in [0.1, 0.15) is 40.0 Å². The second kappa shape index (κ2) is 4.10. The lowest BCUT2D eigenvalue weighted by molar-refractivity contribution is -0.157. The molecule has 3 unspecified atom stereocenters. The topological polar surface area (TPSA) is 66.8 Å². The molecule has 0 aromatic rings. The van der Waals surface area contributed by atoms with Crippen molar-refractivity contribution in [3.8, 4) is 0 Å². The molecule has 1 rings (SSSR count). The monoisotopic (exact) mass is 216 g/mol. The Morgan fingerprint density at radius 3 is 2.60 bits per heavy atom. The number of hydrogen-bond donors (Lipinski definition) is 2. The Bertz CT molecular complexity index is 249. The van der Waals surface area contributed by atoms with E-state index in [1.54, 1.807) is 13.8 Å². The minimum atomic E-state index is -0.930. The van der Waals surface area contributed by atoms with Crippen molar-refractivity contribution in [2.24, 2.45) is 5.41 Å². The van der Waals surface area contributed by atoms with E-state index in [0.717, 1.165) is 0 Å². The van der Waals surface area contributed by atoms with Gasteiger partial charge in [0.25, 0.3) is 0 Å². The van der Waals surface area contributed by atoms with E-state index in [9.17, 15) is 15.0 Å². The van der Waals surface area contributed by atoms with Crippen LogP contribution < -0.4 is 0 Å². The average Bonchev–Trinajstić information content (AvgIpc) is 2.48. The van der Waals surface area contributed by atoms with Crippen LogP contribution in [-0.2, 0) is 9.53 Å². The molecule has 0 aromatic carbocycles. The summed E-state index contributed by atoms with van der Waals surface area (Å²) in [6.45, 7) is 5.78. The van der Waals surface area contributed by atoms with Crippen LogP contribution in [0.4, 0.5) is 0 Å². The summed E-state index contributed by atoms with van der Waals surface area (Å²) < 4.78 is 5.33. The van der Waals surface area contributed by atoms with Gasteiger partial charge in [-0.15, -0.1) is 0 Å². The second-order valence-corrected chi connectivity index (χ2v) is 4.75. The first-order chi connectivity index (χ1) is 6.84. The van der Waals surface area contributed by atoms with Crippen molar-refractivity contribution in [3.05, 3.63) is 0 Å². The molecule has 3 atom stereocenters. The summed E-state index contributed by atoms with van der Waals surface area (Å²) in [7, 11) is 0. The highest BCUT2D eigenvalue weighted by Gasteiger charge is 2.51. The van der Waals surface area contributed by atoms with Gasteiger partial charge in [-0.1, -0.05) is 6.92 Å². The Balaban J connectivity index is 2.88. The molecular weight excluding hydrogens is 196 g/mol. The third-order valence-electron chi connectivity index (χ3n) is 3.58. The Morgan fingerprint density at radius 1 is 1.67 bits per heavy atom. The lowest BCUT2D eigenvalue weighted by atomic mass is 9.72. The number of rotatable bonds is 4. The number of carboxylic acids is 1. The second-order valence-electron chi connectivity index (χ2n) is 4.75. The molecule has 1 fully saturated rings. The minimum absolute atomic E-state index is 0.257. The maximum atomic E-state index is 11.3. The van der Waals surface area contributed by atoms with Gasteiger partial charge in [-0.2, -0.15) is 0 Å². The van der Waals surface area contributed by atoms with Gasteiger partial charge in [0.2, 0.25) is 0 Å². The molecule has 15 heavy (non-hydrogen) atoms. The predicted octanol–water partition coefficient (Wildman–Crippen LogP) is 1.42. The molecule has 0 saturated carbocycles. The quantitative estimate of drug-likeness (QED) is 0.745. The van der Waals surface area contributed by atoms with Crippen molar-refractivity contribution in [2.75, 3.05) is 6.61 Å². The molecule has 2 N–H and O–H groups in total. The first-order valence-corrected chi connectivity index (χ1v) is 5.41. The zero-order chi connectivity index (χ0) is 11.7. The summed E-state index contributed by atoms with van der Waals surface area (Å²) in [5.41, 5.74) is -1.85. The number of carboxylic acid groups (broad SMARTS) is 1. The molecule has 4 nitrogen and oxygen atoms in total. The first-order valence-electron chi connectivity index (χ1n) is 5.41. The molecule has 0 aliphatic carbocycles. The number of hydrogen-bond acceptors (Lipinski definition) is 3. The smallest absolute Gasteiger partial charge is 0.312 e. The van der Waals surface area contributed by atoms with Crippen molar-refractivity contribution in [1.82, 2.24) is 0 Å². The van der Waals surface area contributed by atoms with Gasteiger partial charge in [-0.3, -0.25) is 4.79 Å². The molecule has 0 spiro atoms. The van der Waals surface area contributed by atoms with Gasteiger partial charge in [0.15, 0.2) is 0 Å². The van der Waals surface area contributed by atoms with Gasteiger partial charge >= 0.3 is 5.97 Å². The minimum Gasteiger partial charge on any atom is -0.481 e. The highest BCUT2D eigenvalue weighted by Crippen LogP contribution is 2.42. The van der Waals surface area contributed by atoms with Gasteiger partial charge < -0.3 is 14.9 Å². The standard InChI is InChI=1S/C11H20O4/c1-4-10(3,14)7-11(9(12)13)5-6-15-8(11)2/h8,14H,4-7H2,1-3H3,(H,12,13). The average molecular weight is 216 g/mol. The number of ether oxygens (including phenoxy) is 1. The maximum absolute atomic E-state index is 11.3. The van der Waals surface area contributed by atoms with Crippen LogP contribution in [0.3, 0.4) is 0 Å². The zero-order valence-corrected chi connectivity index (χ0v) is 9.62. The van der Waals surface area contributed by atoms with Crippen LogP contribution in [0, 0.1) is 5.41 Å². The van der Waals surface area contributed by atoms with Crippen molar-refractivity contribution in [3.63, 3.8) is 0 Å². The summed E-state index contributed by atoms with van der Waals surface area (Å²) in [5, 5.41) is 19.3. The lowest BCUT2D eigenvalue weighted by Crippen LogP contribution is -2.44. The van der Waals surface area contributed by atoms with Crippen molar-refractivity contribution < 1.29 is 19.7 Å². The van der Waals surface area contributed by atoms with Crippen molar-refractivity contribution in [2.45, 2.75) is 51.7 Å². The molecule has 0 amide bonds. The first kappa shape index (κ1) is 12.5. The molecule has 1 saturated heterocycles. The summed E-state index contributed by atoms with van der Waals surface area (Å²) >= 11 is 0. The zero-order valence-electron chi connectivity index (χ0n) is 9.62. The van der Waals surface area contributed by atoms with Crippen molar-refractivity contribution >= 4 is 5.97 Å². The van der Waals surface area contributed by atoms with E-state index in [1.807, 2.05) is 6.92 Å². The SMILES string of the molecule is CCC(C)(O)CC1(C(=O)O)CCOC1C. The molecule has 0 radical (unpaired) electrons. The van der Waals surface area contributed by atoms with Crippen molar-refractivity contribution in [1.29, 1.82) is 0 Å². The molecule has 1 heterocycles. The fourth-order valence-corrected chi connectivity index (χ4v) is 2.17. The van der Waals surface area contributed by atoms with Gasteiger partial charge in [0, 0.05) is 6.61 Å². The summed E-state index contributed by atoms with van der Waals surface area (Å²) in [4.78, 5) is 11.3. The van der Waals surface area contributed by atoms with E-state index in [4.69, 9.17) is 4.74 Å². The molecule has 0 bridgehead atoms. The molecule has 1 aliphatic rings. The van der Waals surface area contributed by atoms with E-state index in [0.29, 0.717) is 19.4 Å². The van der Waals surface area contributed by atoms with E-state index in [1.165, 1.54) is 0 Å². The Labute approximate surface area is 90.2 Å².